The van der Waals surface area contributed by atoms with Crippen LogP contribution in [0, 0.1) is 0 Å². The summed E-state index contributed by atoms with van der Waals surface area (Å²) in [6, 6.07) is 29.8. The summed E-state index contributed by atoms with van der Waals surface area (Å²) in [4.78, 5) is 12.5. The summed E-state index contributed by atoms with van der Waals surface area (Å²) in [7, 11) is 0. The molecule has 9 heteroatoms. The number of imidazole rings is 1. The van der Waals surface area contributed by atoms with E-state index in [-0.39, 0.29) is 12.6 Å². The zero-order valence-electron chi connectivity index (χ0n) is 20.4. The number of hydrogen-bond acceptors (Lipinski definition) is 8. The van der Waals surface area contributed by atoms with Gasteiger partial charge in [-0.2, -0.15) is 4.98 Å². The Morgan fingerprint density at radius 1 is 0.816 bits per heavy atom. The summed E-state index contributed by atoms with van der Waals surface area (Å²) in [6.45, 7) is -0.00282. The molecule has 9 nitrogen and oxygen atoms in total. The van der Waals surface area contributed by atoms with Crippen molar-refractivity contribution >= 4 is 17.1 Å². The Balaban J connectivity index is 1.36. The van der Waals surface area contributed by atoms with E-state index in [4.69, 9.17) is 15.2 Å². The highest BCUT2D eigenvalue weighted by Crippen LogP contribution is 2.41. The van der Waals surface area contributed by atoms with Gasteiger partial charge in [-0.1, -0.05) is 91.0 Å². The lowest BCUT2D eigenvalue weighted by molar-refractivity contribution is -0.0942. The highest BCUT2D eigenvalue weighted by atomic mass is 16.6. The van der Waals surface area contributed by atoms with Gasteiger partial charge < -0.3 is 25.4 Å². The van der Waals surface area contributed by atoms with Gasteiger partial charge >= 0.3 is 0 Å². The number of aliphatic hydroxyl groups is 2. The second-order valence-electron chi connectivity index (χ2n) is 9.23. The predicted molar refractivity (Wildman–Crippen MR) is 141 cm³/mol. The number of nitrogens with two attached hydrogens (primary N) is 1. The minimum Gasteiger partial charge on any atom is -0.387 e. The molecule has 3 aromatic carbocycles. The van der Waals surface area contributed by atoms with Crippen molar-refractivity contribution in [3.8, 4) is 0 Å². The third-order valence-corrected chi connectivity index (χ3v) is 6.95. The minimum absolute atomic E-state index is 0.00282. The Morgan fingerprint density at radius 3 is 1.92 bits per heavy atom. The maximum Gasteiger partial charge on any atom is 0.222 e. The van der Waals surface area contributed by atoms with Crippen molar-refractivity contribution in [2.45, 2.75) is 30.1 Å². The van der Waals surface area contributed by atoms with E-state index >= 15 is 0 Å². The first-order valence-corrected chi connectivity index (χ1v) is 12.3. The first kappa shape index (κ1) is 24.2. The minimum atomic E-state index is -1.24. The molecule has 4 atom stereocenters. The number of nitrogen functional groups attached to an aromatic ring is 1. The highest BCUT2D eigenvalue weighted by Gasteiger charge is 2.46. The van der Waals surface area contributed by atoms with Gasteiger partial charge in [0.05, 0.1) is 19.1 Å². The van der Waals surface area contributed by atoms with Crippen molar-refractivity contribution in [2.75, 3.05) is 12.3 Å². The van der Waals surface area contributed by atoms with Gasteiger partial charge in [-0.25, -0.2) is 9.97 Å². The third kappa shape index (κ3) is 4.11. The van der Waals surface area contributed by atoms with E-state index in [9.17, 15) is 10.2 Å². The lowest BCUT2D eigenvalue weighted by atomic mass is 9.80. The molecule has 0 bridgehead atoms. The lowest BCUT2D eigenvalue weighted by Crippen LogP contribution is -2.39. The van der Waals surface area contributed by atoms with Crippen LogP contribution in [0.1, 0.15) is 22.9 Å². The molecule has 4 N–H and O–H groups in total. The average Bonchev–Trinajstić information content (AvgIpc) is 3.50. The lowest BCUT2D eigenvalue weighted by Gasteiger charge is -2.37. The van der Waals surface area contributed by atoms with E-state index in [1.165, 1.54) is 12.5 Å². The molecule has 3 heterocycles. The number of fused-ring (bicyclic) bond motifs is 1. The van der Waals surface area contributed by atoms with Gasteiger partial charge in [0.1, 0.15) is 29.4 Å². The molecule has 6 rings (SSSR count). The Bertz CT molecular complexity index is 1420. The molecule has 38 heavy (non-hydrogen) atoms. The van der Waals surface area contributed by atoms with Gasteiger partial charge in [0.25, 0.3) is 0 Å². The molecule has 2 aromatic heterocycles. The van der Waals surface area contributed by atoms with E-state index in [0.29, 0.717) is 11.2 Å². The van der Waals surface area contributed by atoms with Crippen LogP contribution in [0.25, 0.3) is 11.2 Å². The van der Waals surface area contributed by atoms with Crippen LogP contribution < -0.4 is 5.73 Å². The zero-order valence-corrected chi connectivity index (χ0v) is 20.4. The Labute approximate surface area is 219 Å². The van der Waals surface area contributed by atoms with Crippen LogP contribution in [0.4, 0.5) is 5.95 Å². The topological polar surface area (TPSA) is 129 Å². The molecule has 5 aromatic rings. The van der Waals surface area contributed by atoms with Gasteiger partial charge in [-0.15, -0.1) is 0 Å². The van der Waals surface area contributed by atoms with Gasteiger partial charge in [-0.05, 0) is 16.7 Å². The number of aromatic nitrogens is 4. The molecule has 0 spiro atoms. The van der Waals surface area contributed by atoms with E-state index in [0.717, 1.165) is 16.7 Å². The molecule has 1 fully saturated rings. The molecular formula is C29H27N5O4. The smallest absolute Gasteiger partial charge is 0.222 e. The van der Waals surface area contributed by atoms with Gasteiger partial charge in [0, 0.05) is 0 Å². The second-order valence-corrected chi connectivity index (χ2v) is 9.23. The standard InChI is InChI=1S/C29H27N5O4/c30-28-31-16-22-26(33-28)34(18-32-22)27-25(36)24(35)23(38-27)17-37-29(19-10-4-1-5-11-19,20-12-6-2-7-13-20)21-14-8-3-9-15-21/h1-16,18,23-25,27,35-36H,17H2,(H2,30,31,33)/t23-,24-,25-,27-/m1/s1. The summed E-state index contributed by atoms with van der Waals surface area (Å²) in [5.74, 6) is 0.0746. The summed E-state index contributed by atoms with van der Waals surface area (Å²) >= 11 is 0. The van der Waals surface area contributed by atoms with Gasteiger partial charge in [0.15, 0.2) is 11.9 Å². The monoisotopic (exact) mass is 509 g/mol. The van der Waals surface area contributed by atoms with Gasteiger partial charge in [-0.3, -0.25) is 4.57 Å². The predicted octanol–water partition coefficient (Wildman–Crippen LogP) is 3.04. The fourth-order valence-electron chi connectivity index (χ4n) is 5.10. The Morgan fingerprint density at radius 2 is 1.37 bits per heavy atom. The van der Waals surface area contributed by atoms with Crippen LogP contribution in [0.15, 0.2) is 104 Å². The van der Waals surface area contributed by atoms with Crippen molar-refractivity contribution in [1.29, 1.82) is 0 Å². The Hall–Kier alpha value is -4.15. The highest BCUT2D eigenvalue weighted by molar-refractivity contribution is 5.70. The first-order valence-electron chi connectivity index (χ1n) is 12.3. The number of ether oxygens (including phenoxy) is 2. The second kappa shape index (κ2) is 9.96. The van der Waals surface area contributed by atoms with Gasteiger partial charge in [0.2, 0.25) is 5.95 Å². The number of aliphatic hydroxyl groups excluding tert-OH is 2. The number of benzene rings is 3. The molecule has 192 valence electrons. The first-order chi connectivity index (χ1) is 18.6. The number of nitrogens with zero attached hydrogens (tertiary/aromatic N) is 4. The van der Waals surface area contributed by atoms with Crippen LogP contribution >= 0.6 is 0 Å². The summed E-state index contributed by atoms with van der Waals surface area (Å²) < 4.78 is 14.5. The number of rotatable bonds is 7. The largest absolute Gasteiger partial charge is 0.387 e. The SMILES string of the molecule is Nc1ncc2ncn([C@@H]3O[C@H](COC(c4ccccc4)(c4ccccc4)c4ccccc4)[C@@H](O)[C@H]3O)c2n1. The van der Waals surface area contributed by atoms with E-state index in [1.54, 1.807) is 4.57 Å². The van der Waals surface area contributed by atoms with Crippen LogP contribution in [0.3, 0.4) is 0 Å². The fraction of sp³-hybridized carbons (Fsp3) is 0.207. The molecule has 0 amide bonds. The molecule has 1 saturated heterocycles. The maximum absolute atomic E-state index is 11.0. The quantitative estimate of drug-likeness (QED) is 0.286. The fourth-order valence-corrected chi connectivity index (χ4v) is 5.10. The van der Waals surface area contributed by atoms with E-state index in [1.807, 2.05) is 91.0 Å². The van der Waals surface area contributed by atoms with Crippen LogP contribution in [0.5, 0.6) is 0 Å². The van der Waals surface area contributed by atoms with Crippen LogP contribution in [-0.4, -0.2) is 54.7 Å². The number of anilines is 1. The van der Waals surface area contributed by atoms with Crippen molar-refractivity contribution in [3.63, 3.8) is 0 Å². The molecule has 0 radical (unpaired) electrons. The molecule has 1 aliphatic rings. The number of hydrogen-bond donors (Lipinski definition) is 3. The van der Waals surface area contributed by atoms with E-state index < -0.39 is 30.1 Å². The average molecular weight is 510 g/mol. The molecule has 1 aliphatic heterocycles. The normalized spacial score (nSPS) is 21.6. The molecule has 0 saturated carbocycles. The third-order valence-electron chi connectivity index (χ3n) is 6.95. The van der Waals surface area contributed by atoms with Crippen LogP contribution in [0.2, 0.25) is 0 Å². The van der Waals surface area contributed by atoms with Crippen molar-refractivity contribution < 1.29 is 19.7 Å². The molecule has 0 unspecified atom stereocenters. The summed E-state index contributed by atoms with van der Waals surface area (Å²) in [5.41, 5.74) is 8.46. The van der Waals surface area contributed by atoms with Crippen molar-refractivity contribution in [1.82, 2.24) is 19.5 Å². The van der Waals surface area contributed by atoms with Crippen molar-refractivity contribution in [2.24, 2.45) is 0 Å². The molecular weight excluding hydrogens is 482 g/mol. The van der Waals surface area contributed by atoms with Crippen LogP contribution in [-0.2, 0) is 15.1 Å². The van der Waals surface area contributed by atoms with E-state index in [2.05, 4.69) is 15.0 Å². The summed E-state index contributed by atoms with van der Waals surface area (Å²) in [5, 5.41) is 22.0. The zero-order chi connectivity index (χ0) is 26.1. The molecule has 0 aliphatic carbocycles. The Kier molecular flexibility index (Phi) is 6.34. The summed E-state index contributed by atoms with van der Waals surface area (Å²) in [6.07, 6.45) is -1.22. The van der Waals surface area contributed by atoms with Crippen molar-refractivity contribution in [3.05, 3.63) is 120 Å². The maximum atomic E-state index is 11.0.